The minimum Gasteiger partial charge on any atom is -0.330 e. The molecule has 0 saturated heterocycles. The lowest BCUT2D eigenvalue weighted by molar-refractivity contribution is -0.218. The maximum atomic E-state index is 12.5. The van der Waals surface area contributed by atoms with Crippen molar-refractivity contribution in [3.63, 3.8) is 0 Å². The minimum absolute atomic E-state index is 0.267. The Morgan fingerprint density at radius 1 is 1.38 bits per heavy atom. The highest BCUT2D eigenvalue weighted by molar-refractivity contribution is 4.95. The molecule has 1 saturated carbocycles. The smallest absolute Gasteiger partial charge is 0.330 e. The Labute approximate surface area is 76.5 Å². The van der Waals surface area contributed by atoms with Crippen LogP contribution < -0.4 is 5.73 Å². The summed E-state index contributed by atoms with van der Waals surface area (Å²) in [6.07, 6.45) is -1.24. The number of hydrogen-bond acceptors (Lipinski definition) is 1. The highest BCUT2D eigenvalue weighted by atomic mass is 19.4. The Morgan fingerprint density at radius 3 is 2.00 bits per heavy atom. The zero-order valence-electron chi connectivity index (χ0n) is 7.82. The van der Waals surface area contributed by atoms with E-state index in [1.807, 2.05) is 6.92 Å². The van der Waals surface area contributed by atoms with E-state index in [0.29, 0.717) is 19.3 Å². The Balaban J connectivity index is 2.75. The fourth-order valence-electron chi connectivity index (χ4n) is 2.31. The van der Waals surface area contributed by atoms with Gasteiger partial charge in [-0.1, -0.05) is 13.3 Å². The van der Waals surface area contributed by atoms with E-state index in [9.17, 15) is 13.2 Å². The van der Waals surface area contributed by atoms with Crippen LogP contribution in [0.4, 0.5) is 13.2 Å². The van der Waals surface area contributed by atoms with E-state index < -0.39 is 17.5 Å². The molecule has 0 aromatic rings. The van der Waals surface area contributed by atoms with Gasteiger partial charge in [0.15, 0.2) is 0 Å². The molecule has 0 spiro atoms. The van der Waals surface area contributed by atoms with Gasteiger partial charge in [-0.3, -0.25) is 0 Å². The summed E-state index contributed by atoms with van der Waals surface area (Å²) >= 11 is 0. The van der Waals surface area contributed by atoms with Crippen LogP contribution in [0.5, 0.6) is 0 Å². The molecule has 1 nitrogen and oxygen atoms in total. The first-order chi connectivity index (χ1) is 5.96. The molecule has 0 heterocycles. The molecule has 2 N–H and O–H groups in total. The van der Waals surface area contributed by atoms with Crippen LogP contribution in [0.3, 0.4) is 0 Å². The van der Waals surface area contributed by atoms with Crippen molar-refractivity contribution in [1.82, 2.24) is 0 Å². The van der Waals surface area contributed by atoms with Crippen molar-refractivity contribution in [2.24, 2.45) is 17.1 Å². The monoisotopic (exact) mass is 195 g/mol. The predicted octanol–water partition coefficient (Wildman–Crippen LogP) is 2.70. The molecular formula is C9H16F3N. The topological polar surface area (TPSA) is 26.0 Å². The summed E-state index contributed by atoms with van der Waals surface area (Å²) in [4.78, 5) is 0. The molecule has 1 unspecified atom stereocenters. The maximum Gasteiger partial charge on any atom is 0.393 e. The third kappa shape index (κ3) is 1.82. The van der Waals surface area contributed by atoms with Crippen molar-refractivity contribution in [3.8, 4) is 0 Å². The van der Waals surface area contributed by atoms with E-state index in [4.69, 9.17) is 5.73 Å². The Kier molecular flexibility index (Phi) is 2.90. The summed E-state index contributed by atoms with van der Waals surface area (Å²) in [6.45, 7) is 1.56. The van der Waals surface area contributed by atoms with Crippen LogP contribution in [0.1, 0.15) is 32.6 Å². The summed E-state index contributed by atoms with van der Waals surface area (Å²) < 4.78 is 37.6. The quantitative estimate of drug-likeness (QED) is 0.736. The van der Waals surface area contributed by atoms with Crippen molar-refractivity contribution in [3.05, 3.63) is 0 Å². The third-order valence-corrected chi connectivity index (χ3v) is 3.42. The molecule has 0 aromatic carbocycles. The van der Waals surface area contributed by atoms with Crippen molar-refractivity contribution in [1.29, 1.82) is 0 Å². The Hall–Kier alpha value is -0.250. The third-order valence-electron chi connectivity index (χ3n) is 3.42. The largest absolute Gasteiger partial charge is 0.393 e. The first-order valence-corrected chi connectivity index (χ1v) is 4.73. The molecule has 1 aliphatic rings. The molecule has 13 heavy (non-hydrogen) atoms. The van der Waals surface area contributed by atoms with Gasteiger partial charge in [-0.15, -0.1) is 0 Å². The van der Waals surface area contributed by atoms with Gasteiger partial charge in [0.05, 0.1) is 5.92 Å². The highest BCUT2D eigenvalue weighted by Gasteiger charge is 2.54. The van der Waals surface area contributed by atoms with Gasteiger partial charge < -0.3 is 5.73 Å². The molecule has 0 aliphatic heterocycles. The number of rotatable bonds is 3. The lowest BCUT2D eigenvalue weighted by Gasteiger charge is -2.47. The molecule has 0 aromatic heterocycles. The fraction of sp³-hybridized carbons (Fsp3) is 1.00. The van der Waals surface area contributed by atoms with E-state index in [1.54, 1.807) is 0 Å². The zero-order valence-corrected chi connectivity index (χ0v) is 7.82. The standard InChI is InChI=1S/C9H16F3N/c1-2-8(4-3-5-8)7(6-13)9(10,11)12/h7H,2-6,13H2,1H3. The van der Waals surface area contributed by atoms with Crippen LogP contribution in [0.25, 0.3) is 0 Å². The van der Waals surface area contributed by atoms with E-state index in [-0.39, 0.29) is 6.54 Å². The molecule has 1 aliphatic carbocycles. The van der Waals surface area contributed by atoms with Crippen molar-refractivity contribution >= 4 is 0 Å². The molecule has 1 fully saturated rings. The number of halogens is 3. The van der Waals surface area contributed by atoms with Crippen LogP contribution in [0, 0.1) is 11.3 Å². The van der Waals surface area contributed by atoms with Crippen molar-refractivity contribution in [2.75, 3.05) is 6.54 Å². The molecule has 1 rings (SSSR count). The Morgan fingerprint density at radius 2 is 1.92 bits per heavy atom. The average molecular weight is 195 g/mol. The van der Waals surface area contributed by atoms with Crippen LogP contribution >= 0.6 is 0 Å². The van der Waals surface area contributed by atoms with Crippen molar-refractivity contribution < 1.29 is 13.2 Å². The van der Waals surface area contributed by atoms with E-state index in [0.717, 1.165) is 6.42 Å². The number of hydrogen-bond donors (Lipinski definition) is 1. The summed E-state index contributed by atoms with van der Waals surface area (Å²) in [6, 6.07) is 0. The van der Waals surface area contributed by atoms with Crippen molar-refractivity contribution in [2.45, 2.75) is 38.8 Å². The van der Waals surface area contributed by atoms with Crippen LogP contribution in [-0.4, -0.2) is 12.7 Å². The summed E-state index contributed by atoms with van der Waals surface area (Å²) in [5.41, 5.74) is 4.68. The normalized spacial score (nSPS) is 23.8. The summed E-state index contributed by atoms with van der Waals surface area (Å²) in [5.74, 6) is -1.29. The molecule has 78 valence electrons. The van der Waals surface area contributed by atoms with Gasteiger partial charge >= 0.3 is 6.18 Å². The average Bonchev–Trinajstić information content (AvgIpc) is 1.93. The Bertz CT molecular complexity index is 167. The second-order valence-electron chi connectivity index (χ2n) is 3.90. The van der Waals surface area contributed by atoms with Gasteiger partial charge in [-0.2, -0.15) is 13.2 Å². The zero-order chi connectivity index (χ0) is 10.1. The van der Waals surface area contributed by atoms with Gasteiger partial charge in [0, 0.05) is 6.54 Å². The first-order valence-electron chi connectivity index (χ1n) is 4.73. The second kappa shape index (κ2) is 3.48. The molecule has 4 heteroatoms. The SMILES string of the molecule is CCC1(C(CN)C(F)(F)F)CCC1. The first kappa shape index (κ1) is 10.8. The predicted molar refractivity (Wildman–Crippen MR) is 45.2 cm³/mol. The van der Waals surface area contributed by atoms with Gasteiger partial charge in [-0.25, -0.2) is 0 Å². The van der Waals surface area contributed by atoms with Gasteiger partial charge in [0.2, 0.25) is 0 Å². The highest BCUT2D eigenvalue weighted by Crippen LogP contribution is 2.54. The molecular weight excluding hydrogens is 179 g/mol. The molecule has 0 radical (unpaired) electrons. The van der Waals surface area contributed by atoms with Gasteiger partial charge in [0.25, 0.3) is 0 Å². The van der Waals surface area contributed by atoms with E-state index in [1.165, 1.54) is 0 Å². The second-order valence-corrected chi connectivity index (χ2v) is 3.90. The summed E-state index contributed by atoms with van der Waals surface area (Å²) in [7, 11) is 0. The van der Waals surface area contributed by atoms with Crippen LogP contribution in [-0.2, 0) is 0 Å². The van der Waals surface area contributed by atoms with E-state index >= 15 is 0 Å². The summed E-state index contributed by atoms with van der Waals surface area (Å²) in [5, 5.41) is 0. The number of nitrogens with two attached hydrogens (primary N) is 1. The van der Waals surface area contributed by atoms with Gasteiger partial charge in [-0.05, 0) is 24.7 Å². The lowest BCUT2D eigenvalue weighted by atomic mass is 9.59. The fourth-order valence-corrected chi connectivity index (χ4v) is 2.31. The van der Waals surface area contributed by atoms with E-state index in [2.05, 4.69) is 0 Å². The van der Waals surface area contributed by atoms with Gasteiger partial charge in [0.1, 0.15) is 0 Å². The van der Waals surface area contributed by atoms with Crippen LogP contribution in [0.15, 0.2) is 0 Å². The molecule has 0 amide bonds. The number of alkyl halides is 3. The minimum atomic E-state index is -4.12. The van der Waals surface area contributed by atoms with Crippen LogP contribution in [0.2, 0.25) is 0 Å². The molecule has 1 atom stereocenters. The molecule has 0 bridgehead atoms. The maximum absolute atomic E-state index is 12.5. The lowest BCUT2D eigenvalue weighted by Crippen LogP contribution is -2.48.